The van der Waals surface area contributed by atoms with Crippen molar-refractivity contribution in [2.24, 2.45) is 0 Å². The molecule has 0 unspecified atom stereocenters. The molecule has 162 valence electrons. The molecule has 0 aliphatic carbocycles. The van der Waals surface area contributed by atoms with Crippen LogP contribution in [0.3, 0.4) is 0 Å². The molecule has 0 aliphatic rings. The van der Waals surface area contributed by atoms with Crippen molar-refractivity contribution < 1.29 is 0 Å². The molecule has 0 atom stereocenters. The fourth-order valence-corrected chi connectivity index (χ4v) is 5.38. The highest BCUT2D eigenvalue weighted by Crippen LogP contribution is 2.47. The van der Waals surface area contributed by atoms with Crippen LogP contribution in [0.1, 0.15) is 17.4 Å². The predicted octanol–water partition coefficient (Wildman–Crippen LogP) is 7.26. The summed E-state index contributed by atoms with van der Waals surface area (Å²) < 4.78 is 2.14. The monoisotopic (exact) mass is 448 g/mol. The Morgan fingerprint density at radius 2 is 1.70 bits per heavy atom. The van der Waals surface area contributed by atoms with Crippen molar-refractivity contribution in [3.63, 3.8) is 0 Å². The average Bonchev–Trinajstić information content (AvgIpc) is 3.33. The van der Waals surface area contributed by atoms with Crippen molar-refractivity contribution in [2.45, 2.75) is 6.92 Å². The minimum Gasteiger partial charge on any atom is -0.397 e. The van der Waals surface area contributed by atoms with Gasteiger partial charge >= 0.3 is 0 Å². The molecule has 0 saturated carbocycles. The third-order valence-corrected chi connectivity index (χ3v) is 6.97. The number of nitrogens with two attached hydrogens (primary N) is 2. The zero-order chi connectivity index (χ0) is 22.9. The van der Waals surface area contributed by atoms with Gasteiger partial charge in [-0.3, -0.25) is 4.57 Å². The summed E-state index contributed by atoms with van der Waals surface area (Å²) in [6.45, 7) is 5.97. The van der Waals surface area contributed by atoms with Gasteiger partial charge in [0, 0.05) is 27.6 Å². The molecule has 3 aromatic heterocycles. The molecule has 0 aliphatic heterocycles. The summed E-state index contributed by atoms with van der Waals surface area (Å²) in [7, 11) is 0. The number of nitrogens with zero attached hydrogens (tertiary/aromatic N) is 2. The molecule has 2 aromatic carbocycles. The van der Waals surface area contributed by atoms with E-state index in [0.717, 1.165) is 48.9 Å². The fourth-order valence-electron chi connectivity index (χ4n) is 4.27. The summed E-state index contributed by atoms with van der Waals surface area (Å²) >= 11 is 1.60. The molecule has 0 bridgehead atoms. The Hall–Kier alpha value is -4.09. The molecule has 33 heavy (non-hydrogen) atoms. The highest BCUT2D eigenvalue weighted by Gasteiger charge is 2.25. The average molecular weight is 449 g/mol. The molecule has 0 amide bonds. The summed E-state index contributed by atoms with van der Waals surface area (Å²) in [6.07, 6.45) is 7.67. The molecule has 0 radical (unpaired) electrons. The molecular formula is C28H24N4S. The van der Waals surface area contributed by atoms with Gasteiger partial charge in [0.15, 0.2) is 0 Å². The van der Waals surface area contributed by atoms with Gasteiger partial charge in [-0.25, -0.2) is 4.98 Å². The summed E-state index contributed by atoms with van der Waals surface area (Å²) in [4.78, 5) is 6.76. The number of benzene rings is 2. The van der Waals surface area contributed by atoms with E-state index in [9.17, 15) is 0 Å². The number of allylic oxidation sites excluding steroid dienone is 1. The molecule has 0 fully saturated rings. The number of nitrogen functional groups attached to an aromatic ring is 2. The van der Waals surface area contributed by atoms with Crippen molar-refractivity contribution >= 4 is 45.8 Å². The van der Waals surface area contributed by atoms with Crippen LogP contribution >= 0.6 is 11.3 Å². The molecular weight excluding hydrogens is 424 g/mol. The van der Waals surface area contributed by atoms with Gasteiger partial charge in [0.2, 0.25) is 0 Å². The summed E-state index contributed by atoms with van der Waals surface area (Å²) in [5.74, 6) is 0.812. The maximum Gasteiger partial charge on any atom is 0.145 e. The lowest BCUT2D eigenvalue weighted by molar-refractivity contribution is 1.06. The number of thiophene rings is 1. The van der Waals surface area contributed by atoms with Crippen LogP contribution in [0.5, 0.6) is 0 Å². The van der Waals surface area contributed by atoms with Crippen molar-refractivity contribution in [2.75, 3.05) is 11.5 Å². The number of hydrogen-bond donors (Lipinski definition) is 2. The quantitative estimate of drug-likeness (QED) is 0.297. The van der Waals surface area contributed by atoms with Crippen LogP contribution in [0.4, 0.5) is 11.4 Å². The van der Waals surface area contributed by atoms with E-state index in [1.165, 1.54) is 0 Å². The minimum atomic E-state index is 0.686. The SMILES string of the molecule is C=Cc1sc(-c2c(N)c3ccccc3n2-c2ncccc2-c2ccccc2)c(N)c1/C=C\C. The van der Waals surface area contributed by atoms with Crippen LogP contribution in [-0.2, 0) is 0 Å². The molecule has 4 N–H and O–H groups in total. The van der Waals surface area contributed by atoms with Crippen LogP contribution in [0.15, 0.2) is 85.6 Å². The standard InChI is InChI=1S/C28H24N4S/c1-3-11-21-23(4-2)33-27(25(21)30)26-24(29)20-14-8-9-16-22(20)32(26)28-19(15-10-17-31-28)18-12-6-5-7-13-18/h3-17H,2,29-30H2,1H3/b11-3-. The fraction of sp³-hybridized carbons (Fsp3) is 0.0357. The summed E-state index contributed by atoms with van der Waals surface area (Å²) in [6, 6.07) is 22.4. The highest BCUT2D eigenvalue weighted by molar-refractivity contribution is 7.17. The molecule has 5 rings (SSSR count). The van der Waals surface area contributed by atoms with E-state index in [1.807, 2.05) is 73.8 Å². The van der Waals surface area contributed by atoms with E-state index in [1.54, 1.807) is 11.3 Å². The van der Waals surface area contributed by atoms with E-state index in [-0.39, 0.29) is 0 Å². The van der Waals surface area contributed by atoms with E-state index < -0.39 is 0 Å². The molecule has 0 spiro atoms. The van der Waals surface area contributed by atoms with Crippen molar-refractivity contribution in [1.82, 2.24) is 9.55 Å². The van der Waals surface area contributed by atoms with Crippen LogP contribution in [0.25, 0.3) is 50.6 Å². The first-order valence-electron chi connectivity index (χ1n) is 10.7. The first-order chi connectivity index (χ1) is 16.2. The van der Waals surface area contributed by atoms with E-state index in [0.29, 0.717) is 11.4 Å². The molecule has 4 nitrogen and oxygen atoms in total. The minimum absolute atomic E-state index is 0.686. The third kappa shape index (κ3) is 3.34. The molecule has 5 aromatic rings. The van der Waals surface area contributed by atoms with Gasteiger partial charge in [0.25, 0.3) is 0 Å². The second kappa shape index (κ2) is 8.45. The number of anilines is 2. The summed E-state index contributed by atoms with van der Waals surface area (Å²) in [5, 5.41) is 0.970. The number of rotatable bonds is 5. The lowest BCUT2D eigenvalue weighted by atomic mass is 10.1. The van der Waals surface area contributed by atoms with Gasteiger partial charge in [-0.2, -0.15) is 0 Å². The Kier molecular flexibility index (Phi) is 5.32. The highest BCUT2D eigenvalue weighted by atomic mass is 32.1. The summed E-state index contributed by atoms with van der Waals surface area (Å²) in [5.41, 5.74) is 19.8. The number of aromatic nitrogens is 2. The Morgan fingerprint density at radius 3 is 2.45 bits per heavy atom. The van der Waals surface area contributed by atoms with Crippen LogP contribution in [-0.4, -0.2) is 9.55 Å². The lowest BCUT2D eigenvalue weighted by Gasteiger charge is -2.15. The first-order valence-corrected chi connectivity index (χ1v) is 11.5. The maximum atomic E-state index is 6.80. The van der Waals surface area contributed by atoms with Crippen LogP contribution < -0.4 is 11.5 Å². The van der Waals surface area contributed by atoms with Crippen molar-refractivity contribution in [3.8, 4) is 27.5 Å². The van der Waals surface area contributed by atoms with Gasteiger partial charge in [-0.1, -0.05) is 73.3 Å². The zero-order valence-corrected chi connectivity index (χ0v) is 19.1. The lowest BCUT2D eigenvalue weighted by Crippen LogP contribution is -2.03. The van der Waals surface area contributed by atoms with Crippen LogP contribution in [0, 0.1) is 0 Å². The Balaban J connectivity index is 1.90. The van der Waals surface area contributed by atoms with Gasteiger partial charge in [-0.15, -0.1) is 11.3 Å². The third-order valence-electron chi connectivity index (χ3n) is 5.74. The Bertz CT molecular complexity index is 1510. The number of fused-ring (bicyclic) bond motifs is 1. The normalized spacial score (nSPS) is 11.4. The van der Waals surface area contributed by atoms with Crippen molar-refractivity contribution in [1.29, 1.82) is 0 Å². The molecule has 0 saturated heterocycles. The predicted molar refractivity (Wildman–Crippen MR) is 143 cm³/mol. The van der Waals surface area contributed by atoms with E-state index in [2.05, 4.69) is 35.4 Å². The van der Waals surface area contributed by atoms with E-state index >= 15 is 0 Å². The second-order valence-electron chi connectivity index (χ2n) is 7.68. The number of para-hydroxylation sites is 1. The largest absolute Gasteiger partial charge is 0.397 e. The van der Waals surface area contributed by atoms with Gasteiger partial charge in [-0.05, 0) is 30.7 Å². The van der Waals surface area contributed by atoms with E-state index in [4.69, 9.17) is 16.5 Å². The van der Waals surface area contributed by atoms with Gasteiger partial charge in [0.05, 0.1) is 27.5 Å². The smallest absolute Gasteiger partial charge is 0.145 e. The van der Waals surface area contributed by atoms with Crippen LogP contribution in [0.2, 0.25) is 0 Å². The maximum absolute atomic E-state index is 6.80. The second-order valence-corrected chi connectivity index (χ2v) is 8.73. The first kappa shape index (κ1) is 20.8. The Morgan fingerprint density at radius 1 is 0.939 bits per heavy atom. The topological polar surface area (TPSA) is 69.9 Å². The van der Waals surface area contributed by atoms with Gasteiger partial charge < -0.3 is 11.5 Å². The van der Waals surface area contributed by atoms with Gasteiger partial charge in [0.1, 0.15) is 5.82 Å². The zero-order valence-electron chi connectivity index (χ0n) is 18.3. The van der Waals surface area contributed by atoms with Crippen molar-refractivity contribution in [3.05, 3.63) is 96.0 Å². The number of pyridine rings is 1. The molecule has 5 heteroatoms. The number of hydrogen-bond acceptors (Lipinski definition) is 4. The Labute approximate surface area is 197 Å². The molecule has 3 heterocycles.